The Morgan fingerprint density at radius 2 is 1.71 bits per heavy atom. The number of benzene rings is 2. The molecule has 1 aliphatic rings. The molecule has 4 aromatic rings. The first kappa shape index (κ1) is 18.7. The van der Waals surface area contributed by atoms with Crippen LogP contribution in [0.25, 0.3) is 34.2 Å². The Balaban J connectivity index is 1.42. The summed E-state index contributed by atoms with van der Waals surface area (Å²) in [6.07, 6.45) is 0. The molecule has 10 nitrogen and oxygen atoms in total. The lowest BCUT2D eigenvalue weighted by Gasteiger charge is -2.21. The predicted octanol–water partition coefficient (Wildman–Crippen LogP) is 2.55. The van der Waals surface area contributed by atoms with Gasteiger partial charge in [-0.3, -0.25) is 15.2 Å². The molecule has 0 bridgehead atoms. The van der Waals surface area contributed by atoms with Gasteiger partial charge in [0.1, 0.15) is 11.4 Å². The number of H-pyrrole nitrogens is 1. The van der Waals surface area contributed by atoms with E-state index < -0.39 is 17.5 Å². The van der Waals surface area contributed by atoms with Crippen LogP contribution in [0.1, 0.15) is 18.3 Å². The van der Waals surface area contributed by atoms with Crippen molar-refractivity contribution >= 4 is 11.9 Å². The summed E-state index contributed by atoms with van der Waals surface area (Å²) in [5.41, 5.74) is 1.74. The first-order chi connectivity index (χ1) is 14.9. The minimum Gasteiger partial charge on any atom is -0.334 e. The first-order valence-electron chi connectivity index (χ1n) is 9.50. The normalized spacial score (nSPS) is 18.1. The van der Waals surface area contributed by atoms with Crippen molar-refractivity contribution in [3.63, 3.8) is 0 Å². The number of aromatic nitrogens is 5. The van der Waals surface area contributed by atoms with Gasteiger partial charge in [-0.25, -0.2) is 9.78 Å². The van der Waals surface area contributed by atoms with Crippen molar-refractivity contribution in [1.82, 2.24) is 36.0 Å². The van der Waals surface area contributed by atoms with Crippen molar-refractivity contribution in [3.05, 3.63) is 59.9 Å². The van der Waals surface area contributed by atoms with Gasteiger partial charge in [0.2, 0.25) is 5.82 Å². The van der Waals surface area contributed by atoms with Gasteiger partial charge in [-0.1, -0.05) is 35.5 Å². The van der Waals surface area contributed by atoms with E-state index in [1.165, 1.54) is 0 Å². The maximum Gasteiger partial charge on any atom is 0.322 e. The van der Waals surface area contributed by atoms with Crippen LogP contribution in [0.3, 0.4) is 0 Å². The molecule has 0 spiro atoms. The second kappa shape index (κ2) is 6.87. The molecule has 31 heavy (non-hydrogen) atoms. The lowest BCUT2D eigenvalue weighted by atomic mass is 9.91. The Labute approximate surface area is 176 Å². The lowest BCUT2D eigenvalue weighted by molar-refractivity contribution is -0.123. The summed E-state index contributed by atoms with van der Waals surface area (Å²) in [5, 5.41) is 15.9. The van der Waals surface area contributed by atoms with Crippen molar-refractivity contribution in [3.8, 4) is 34.2 Å². The highest BCUT2D eigenvalue weighted by molar-refractivity contribution is 6.07. The molecule has 3 amide bonds. The van der Waals surface area contributed by atoms with Gasteiger partial charge in [0.15, 0.2) is 5.82 Å². The van der Waals surface area contributed by atoms with Crippen molar-refractivity contribution in [2.75, 3.05) is 0 Å². The number of aryl methyl sites for hydroxylation is 1. The number of amides is 3. The van der Waals surface area contributed by atoms with E-state index in [-0.39, 0.29) is 0 Å². The van der Waals surface area contributed by atoms with Crippen molar-refractivity contribution in [2.45, 2.75) is 19.4 Å². The van der Waals surface area contributed by atoms with Crippen LogP contribution in [-0.4, -0.2) is 37.3 Å². The standard InChI is InChI=1S/C21H17N7O3/c1-11-22-16(27-26-11)12-6-8-13(9-7-12)18-23-17(28-31-18)14-4-3-5-15(10-14)21(2)19(29)24-20(30)25-21/h3-10H,1-2H3,(H,22,26,27)(H2,24,25,29,30). The Morgan fingerprint density at radius 1 is 0.935 bits per heavy atom. The summed E-state index contributed by atoms with van der Waals surface area (Å²) in [6.45, 7) is 3.48. The average molecular weight is 415 g/mol. The molecule has 1 saturated heterocycles. The number of aromatic amines is 1. The topological polar surface area (TPSA) is 139 Å². The Bertz CT molecular complexity index is 1310. The van der Waals surface area contributed by atoms with E-state index in [4.69, 9.17) is 4.52 Å². The molecule has 1 aliphatic heterocycles. The number of imide groups is 1. The third kappa shape index (κ3) is 3.23. The van der Waals surface area contributed by atoms with Crippen LogP contribution in [0.2, 0.25) is 0 Å². The van der Waals surface area contributed by atoms with Gasteiger partial charge in [0.05, 0.1) is 0 Å². The summed E-state index contributed by atoms with van der Waals surface area (Å²) in [4.78, 5) is 32.6. The fourth-order valence-electron chi connectivity index (χ4n) is 3.41. The number of nitrogens with zero attached hydrogens (tertiary/aromatic N) is 4. The molecule has 2 aromatic carbocycles. The van der Waals surface area contributed by atoms with E-state index in [0.717, 1.165) is 17.0 Å². The Morgan fingerprint density at radius 3 is 2.39 bits per heavy atom. The molecule has 3 heterocycles. The summed E-state index contributed by atoms with van der Waals surface area (Å²) in [7, 11) is 0. The molecule has 1 atom stereocenters. The summed E-state index contributed by atoms with van der Waals surface area (Å²) in [6, 6.07) is 14.1. The molecule has 0 saturated carbocycles. The number of urea groups is 1. The third-order valence-corrected chi connectivity index (χ3v) is 5.16. The highest BCUT2D eigenvalue weighted by Gasteiger charge is 2.43. The third-order valence-electron chi connectivity index (χ3n) is 5.16. The Kier molecular flexibility index (Phi) is 4.14. The molecule has 1 unspecified atom stereocenters. The van der Waals surface area contributed by atoms with E-state index in [1.807, 2.05) is 37.3 Å². The minimum atomic E-state index is -1.16. The van der Waals surface area contributed by atoms with Crippen LogP contribution in [0.15, 0.2) is 53.1 Å². The smallest absolute Gasteiger partial charge is 0.322 e. The molecular formula is C21H17N7O3. The van der Waals surface area contributed by atoms with Gasteiger partial charge in [-0.2, -0.15) is 10.1 Å². The summed E-state index contributed by atoms with van der Waals surface area (Å²) < 4.78 is 5.44. The van der Waals surface area contributed by atoms with E-state index >= 15 is 0 Å². The van der Waals surface area contributed by atoms with Crippen LogP contribution in [0.5, 0.6) is 0 Å². The zero-order valence-electron chi connectivity index (χ0n) is 16.6. The average Bonchev–Trinajstić information content (AvgIpc) is 3.48. The highest BCUT2D eigenvalue weighted by Crippen LogP contribution is 2.29. The highest BCUT2D eigenvalue weighted by atomic mass is 16.5. The van der Waals surface area contributed by atoms with Crippen LogP contribution in [0, 0.1) is 6.92 Å². The molecule has 10 heteroatoms. The van der Waals surface area contributed by atoms with Gasteiger partial charge in [0.25, 0.3) is 11.8 Å². The van der Waals surface area contributed by atoms with E-state index in [0.29, 0.717) is 28.7 Å². The summed E-state index contributed by atoms with van der Waals surface area (Å²) >= 11 is 0. The number of hydrogen-bond acceptors (Lipinski definition) is 7. The largest absolute Gasteiger partial charge is 0.334 e. The first-order valence-corrected chi connectivity index (χ1v) is 9.50. The molecule has 0 radical (unpaired) electrons. The molecular weight excluding hydrogens is 398 g/mol. The molecule has 0 aliphatic carbocycles. The van der Waals surface area contributed by atoms with E-state index in [9.17, 15) is 9.59 Å². The SMILES string of the molecule is Cc1nc(-c2ccc(-c3nc(-c4cccc(C5(C)NC(=O)NC5=O)c4)no3)cc2)n[nH]1. The zero-order valence-corrected chi connectivity index (χ0v) is 16.6. The van der Waals surface area contributed by atoms with Crippen molar-refractivity contribution < 1.29 is 14.1 Å². The Hall–Kier alpha value is -4.34. The fraction of sp³-hybridized carbons (Fsp3) is 0.143. The number of hydrogen-bond donors (Lipinski definition) is 3. The van der Waals surface area contributed by atoms with Gasteiger partial charge in [-0.05, 0) is 37.6 Å². The number of nitrogens with one attached hydrogen (secondary N) is 3. The molecule has 1 fully saturated rings. The van der Waals surface area contributed by atoms with E-state index in [2.05, 4.69) is 36.0 Å². The number of carbonyl (C=O) groups is 2. The molecule has 3 N–H and O–H groups in total. The number of carbonyl (C=O) groups excluding carboxylic acids is 2. The van der Waals surface area contributed by atoms with Gasteiger partial charge >= 0.3 is 6.03 Å². The van der Waals surface area contributed by atoms with Gasteiger partial charge < -0.3 is 9.84 Å². The van der Waals surface area contributed by atoms with Gasteiger partial charge in [-0.15, -0.1) is 0 Å². The number of rotatable bonds is 4. The lowest BCUT2D eigenvalue weighted by Crippen LogP contribution is -2.40. The minimum absolute atomic E-state index is 0.358. The molecule has 2 aromatic heterocycles. The van der Waals surface area contributed by atoms with Crippen LogP contribution in [0.4, 0.5) is 4.79 Å². The monoisotopic (exact) mass is 415 g/mol. The fourth-order valence-corrected chi connectivity index (χ4v) is 3.41. The second-order valence-electron chi connectivity index (χ2n) is 7.36. The zero-order chi connectivity index (χ0) is 21.6. The van der Waals surface area contributed by atoms with Crippen LogP contribution >= 0.6 is 0 Å². The quantitative estimate of drug-likeness (QED) is 0.435. The molecule has 154 valence electrons. The van der Waals surface area contributed by atoms with E-state index in [1.54, 1.807) is 25.1 Å². The van der Waals surface area contributed by atoms with Crippen LogP contribution < -0.4 is 10.6 Å². The maximum atomic E-state index is 12.2. The van der Waals surface area contributed by atoms with Crippen molar-refractivity contribution in [1.29, 1.82) is 0 Å². The van der Waals surface area contributed by atoms with Gasteiger partial charge in [0, 0.05) is 16.7 Å². The summed E-state index contributed by atoms with van der Waals surface area (Å²) in [5.74, 6) is 1.68. The molecule has 5 rings (SSSR count). The van der Waals surface area contributed by atoms with Crippen molar-refractivity contribution in [2.24, 2.45) is 0 Å². The predicted molar refractivity (Wildman–Crippen MR) is 109 cm³/mol. The second-order valence-corrected chi connectivity index (χ2v) is 7.36. The van der Waals surface area contributed by atoms with Crippen LogP contribution in [-0.2, 0) is 10.3 Å². The maximum absolute atomic E-state index is 12.2.